The number of amides is 1. The average molecular weight is 323 g/mol. The number of carboxylic acid groups (broad SMARTS) is 1. The second kappa shape index (κ2) is 9.84. The largest absolute Gasteiger partial charge is 0.496 e. The summed E-state index contributed by atoms with van der Waals surface area (Å²) in [7, 11) is 1.51. The molecule has 1 N–H and O–H groups in total. The predicted octanol–water partition coefficient (Wildman–Crippen LogP) is 2.28. The van der Waals surface area contributed by atoms with E-state index < -0.39 is 11.9 Å². The highest BCUT2D eigenvalue weighted by Crippen LogP contribution is 2.20. The molecule has 0 heterocycles. The van der Waals surface area contributed by atoms with Gasteiger partial charge in [-0.1, -0.05) is 19.1 Å². The van der Waals surface area contributed by atoms with Crippen LogP contribution >= 0.6 is 0 Å². The molecule has 1 aromatic carbocycles. The highest BCUT2D eigenvalue weighted by atomic mass is 16.5. The first-order valence-corrected chi connectivity index (χ1v) is 7.74. The molecule has 1 amide bonds. The predicted molar refractivity (Wildman–Crippen MR) is 86.8 cm³/mol. The number of aliphatic carboxylic acids is 1. The molecule has 0 aliphatic heterocycles. The monoisotopic (exact) mass is 323 g/mol. The first-order valence-electron chi connectivity index (χ1n) is 7.74. The minimum Gasteiger partial charge on any atom is -0.496 e. The van der Waals surface area contributed by atoms with Crippen molar-refractivity contribution in [2.75, 3.05) is 33.4 Å². The number of hydrogen-bond acceptors (Lipinski definition) is 4. The second-order valence-corrected chi connectivity index (χ2v) is 5.24. The molecule has 0 radical (unpaired) electrons. The van der Waals surface area contributed by atoms with Crippen LogP contribution < -0.4 is 4.74 Å². The number of hydrogen-bond donors (Lipinski definition) is 1. The van der Waals surface area contributed by atoms with E-state index in [2.05, 4.69) is 0 Å². The highest BCUT2D eigenvalue weighted by molar-refractivity contribution is 5.97. The number of ether oxygens (including phenoxy) is 2. The van der Waals surface area contributed by atoms with Gasteiger partial charge in [-0.25, -0.2) is 0 Å². The first kappa shape index (κ1) is 19.0. The van der Waals surface area contributed by atoms with Crippen LogP contribution in [0.5, 0.6) is 5.75 Å². The van der Waals surface area contributed by atoms with E-state index >= 15 is 0 Å². The van der Waals surface area contributed by atoms with Crippen LogP contribution in [0.2, 0.25) is 0 Å². The lowest BCUT2D eigenvalue weighted by atomic mass is 10.1. The number of nitrogens with zero attached hydrogens (tertiary/aromatic N) is 1. The molecule has 6 nitrogen and oxygen atoms in total. The maximum absolute atomic E-state index is 12.8. The summed E-state index contributed by atoms with van der Waals surface area (Å²) in [5.41, 5.74) is 0.434. The minimum atomic E-state index is -0.923. The summed E-state index contributed by atoms with van der Waals surface area (Å²) in [6, 6.07) is 6.94. The molecule has 1 unspecified atom stereocenters. The zero-order valence-electron chi connectivity index (χ0n) is 13.9. The molecule has 6 heteroatoms. The van der Waals surface area contributed by atoms with Crippen LogP contribution in [0.3, 0.4) is 0 Å². The topological polar surface area (TPSA) is 76.1 Å². The van der Waals surface area contributed by atoms with Crippen molar-refractivity contribution in [3.8, 4) is 5.75 Å². The molecule has 1 aromatic rings. The average Bonchev–Trinajstić information content (AvgIpc) is 2.56. The molecule has 0 aliphatic carbocycles. The fourth-order valence-electron chi connectivity index (χ4n) is 2.18. The lowest BCUT2D eigenvalue weighted by Gasteiger charge is -2.25. The van der Waals surface area contributed by atoms with Crippen LogP contribution in [0.15, 0.2) is 24.3 Å². The van der Waals surface area contributed by atoms with Crippen molar-refractivity contribution in [1.29, 1.82) is 0 Å². The smallest absolute Gasteiger partial charge is 0.308 e. The second-order valence-electron chi connectivity index (χ2n) is 5.24. The zero-order chi connectivity index (χ0) is 17.2. The fourth-order valence-corrected chi connectivity index (χ4v) is 2.18. The van der Waals surface area contributed by atoms with E-state index in [0.29, 0.717) is 37.5 Å². The van der Waals surface area contributed by atoms with Gasteiger partial charge in [0.25, 0.3) is 5.91 Å². The molecule has 0 spiro atoms. The highest BCUT2D eigenvalue weighted by Gasteiger charge is 2.23. The molecule has 1 rings (SSSR count). The Morgan fingerprint density at radius 3 is 2.61 bits per heavy atom. The molecule has 0 fully saturated rings. The Labute approximate surface area is 137 Å². The van der Waals surface area contributed by atoms with E-state index in [9.17, 15) is 9.59 Å². The fraction of sp³-hybridized carbons (Fsp3) is 0.529. The molecule has 0 aliphatic rings. The third kappa shape index (κ3) is 5.90. The Kier molecular flexibility index (Phi) is 8.11. The van der Waals surface area contributed by atoms with Crippen molar-refractivity contribution in [2.45, 2.75) is 20.3 Å². The van der Waals surface area contributed by atoms with Crippen molar-refractivity contribution in [2.24, 2.45) is 5.92 Å². The van der Waals surface area contributed by atoms with Crippen LogP contribution in [0.1, 0.15) is 30.6 Å². The van der Waals surface area contributed by atoms with Gasteiger partial charge in [0.15, 0.2) is 0 Å². The third-order valence-electron chi connectivity index (χ3n) is 3.46. The lowest BCUT2D eigenvalue weighted by molar-refractivity contribution is -0.141. The van der Waals surface area contributed by atoms with Crippen molar-refractivity contribution in [1.82, 2.24) is 4.90 Å². The van der Waals surface area contributed by atoms with Crippen LogP contribution in [0.4, 0.5) is 0 Å². The quantitative estimate of drug-likeness (QED) is 0.669. The number of carbonyl (C=O) groups is 2. The normalized spacial score (nSPS) is 11.8. The van der Waals surface area contributed by atoms with Gasteiger partial charge in [-0.05, 0) is 25.5 Å². The lowest BCUT2D eigenvalue weighted by Crippen LogP contribution is -2.38. The van der Waals surface area contributed by atoms with Crippen LogP contribution in [-0.2, 0) is 9.53 Å². The summed E-state index contributed by atoms with van der Waals surface area (Å²) in [5.74, 6) is -1.31. The van der Waals surface area contributed by atoms with Gasteiger partial charge in [-0.15, -0.1) is 0 Å². The van der Waals surface area contributed by atoms with Crippen LogP contribution in [0, 0.1) is 5.92 Å². The van der Waals surface area contributed by atoms with Gasteiger partial charge in [-0.3, -0.25) is 9.59 Å². The van der Waals surface area contributed by atoms with E-state index in [-0.39, 0.29) is 12.5 Å². The van der Waals surface area contributed by atoms with Crippen molar-refractivity contribution in [3.05, 3.63) is 29.8 Å². The maximum Gasteiger partial charge on any atom is 0.308 e. The van der Waals surface area contributed by atoms with Crippen LogP contribution in [-0.4, -0.2) is 55.3 Å². The van der Waals surface area contributed by atoms with Crippen molar-refractivity contribution in [3.63, 3.8) is 0 Å². The van der Waals surface area contributed by atoms with Gasteiger partial charge in [0.1, 0.15) is 5.75 Å². The standard InChI is InChI=1S/C17H25NO5/c1-4-23-11-7-10-18(12-13(2)17(20)21)16(19)14-8-5-6-9-15(14)22-3/h5-6,8-9,13H,4,7,10-12H2,1-3H3,(H,20,21). The summed E-state index contributed by atoms with van der Waals surface area (Å²) >= 11 is 0. The Bertz CT molecular complexity index is 517. The van der Waals surface area contributed by atoms with E-state index in [0.717, 1.165) is 0 Å². The summed E-state index contributed by atoms with van der Waals surface area (Å²) in [6.07, 6.45) is 0.654. The van der Waals surface area contributed by atoms with Crippen molar-refractivity contribution < 1.29 is 24.2 Å². The Morgan fingerprint density at radius 2 is 2.00 bits per heavy atom. The minimum absolute atomic E-state index is 0.151. The number of methoxy groups -OCH3 is 1. The van der Waals surface area contributed by atoms with Gasteiger partial charge in [0.2, 0.25) is 0 Å². The number of rotatable bonds is 10. The van der Waals surface area contributed by atoms with E-state index in [1.165, 1.54) is 7.11 Å². The van der Waals surface area contributed by atoms with Crippen LogP contribution in [0.25, 0.3) is 0 Å². The Balaban J connectivity index is 2.87. The molecular formula is C17H25NO5. The summed E-state index contributed by atoms with van der Waals surface area (Å²) in [4.78, 5) is 25.4. The maximum atomic E-state index is 12.8. The summed E-state index contributed by atoms with van der Waals surface area (Å²) < 4.78 is 10.5. The molecule has 0 saturated heterocycles. The molecular weight excluding hydrogens is 298 g/mol. The van der Waals surface area contributed by atoms with E-state index in [1.54, 1.807) is 36.1 Å². The molecule has 128 valence electrons. The molecule has 1 atom stereocenters. The van der Waals surface area contributed by atoms with E-state index in [1.807, 2.05) is 6.92 Å². The number of carbonyl (C=O) groups excluding carboxylic acids is 1. The zero-order valence-corrected chi connectivity index (χ0v) is 13.9. The number of benzene rings is 1. The van der Waals surface area contributed by atoms with Gasteiger partial charge in [0, 0.05) is 26.3 Å². The van der Waals surface area contributed by atoms with Gasteiger partial charge >= 0.3 is 5.97 Å². The molecule has 23 heavy (non-hydrogen) atoms. The van der Waals surface area contributed by atoms with Crippen molar-refractivity contribution >= 4 is 11.9 Å². The summed E-state index contributed by atoms with van der Waals surface area (Å²) in [5, 5.41) is 9.11. The van der Waals surface area contributed by atoms with E-state index in [4.69, 9.17) is 14.6 Å². The number of para-hydroxylation sites is 1. The summed E-state index contributed by atoms with van der Waals surface area (Å²) in [6.45, 7) is 5.24. The van der Waals surface area contributed by atoms with Gasteiger partial charge in [-0.2, -0.15) is 0 Å². The Morgan fingerprint density at radius 1 is 1.30 bits per heavy atom. The van der Waals surface area contributed by atoms with Gasteiger partial charge in [0.05, 0.1) is 18.6 Å². The Hall–Kier alpha value is -2.08. The van der Waals surface area contributed by atoms with Gasteiger partial charge < -0.3 is 19.5 Å². The molecule has 0 saturated carbocycles. The molecule has 0 aromatic heterocycles. The first-order chi connectivity index (χ1) is 11.0. The number of carboxylic acids is 1. The SMILES string of the molecule is CCOCCCN(CC(C)C(=O)O)C(=O)c1ccccc1OC. The molecule has 0 bridgehead atoms. The third-order valence-corrected chi connectivity index (χ3v) is 3.46.